The summed E-state index contributed by atoms with van der Waals surface area (Å²) in [7, 11) is 0. The molecule has 0 atom stereocenters. The topological polar surface area (TPSA) is 41.6 Å². The third kappa shape index (κ3) is 0.908. The van der Waals surface area contributed by atoms with E-state index in [1.165, 1.54) is 4.57 Å². The van der Waals surface area contributed by atoms with Crippen molar-refractivity contribution in [2.45, 2.75) is 0 Å². The monoisotopic (exact) mass is 221 g/mol. The summed E-state index contributed by atoms with van der Waals surface area (Å²) in [6.07, 6.45) is 7.13. The van der Waals surface area contributed by atoms with Crippen molar-refractivity contribution < 1.29 is 0 Å². The molecule has 58 valence electrons. The second-order valence-electron chi connectivity index (χ2n) is 2.34. The number of hydrogen-bond acceptors (Lipinski definition) is 2. The average molecular weight is 222 g/mol. The molecule has 0 spiro atoms. The van der Waals surface area contributed by atoms with Gasteiger partial charge < -0.3 is 0 Å². The van der Waals surface area contributed by atoms with Gasteiger partial charge in [-0.1, -0.05) is 0 Å². The number of rotatable bonds is 0. The molecular weight excluding hydrogens is 218 g/mol. The van der Waals surface area contributed by atoms with Crippen LogP contribution in [-0.2, 0) is 0 Å². The Morgan fingerprint density at radius 1 is 1.50 bits per heavy atom. The first kappa shape index (κ1) is 7.32. The van der Waals surface area contributed by atoms with Gasteiger partial charge in [0.05, 0.1) is 11.7 Å². The van der Waals surface area contributed by atoms with E-state index in [1.54, 1.807) is 18.6 Å². The van der Waals surface area contributed by atoms with Crippen LogP contribution in [0.1, 0.15) is 0 Å². The Kier molecular flexibility index (Phi) is 1.59. The van der Waals surface area contributed by atoms with Gasteiger partial charge in [-0.15, -0.1) is 0 Å². The Morgan fingerprint density at radius 3 is 3.08 bits per heavy atom. The van der Waals surface area contributed by atoms with Gasteiger partial charge in [0, 0.05) is 22.3 Å². The summed E-state index contributed by atoms with van der Waals surface area (Å²) in [4.78, 5) is 3.97. The number of nitriles is 1. The lowest BCUT2D eigenvalue weighted by atomic mass is 10.3. The molecule has 0 unspecified atom stereocenters. The maximum Gasteiger partial charge on any atom is 0.188 e. The third-order valence-electron chi connectivity index (χ3n) is 1.68. The van der Waals surface area contributed by atoms with Gasteiger partial charge in [0.25, 0.3) is 0 Å². The summed E-state index contributed by atoms with van der Waals surface area (Å²) in [6, 6.07) is 1.88. The summed E-state index contributed by atoms with van der Waals surface area (Å²) >= 11 is 3.35. The fraction of sp³-hybridized carbons (Fsp3) is 0. The molecule has 0 aliphatic carbocycles. The summed E-state index contributed by atoms with van der Waals surface area (Å²) < 4.78 is 2.39. The van der Waals surface area contributed by atoms with Gasteiger partial charge in [0.15, 0.2) is 6.19 Å². The minimum atomic E-state index is 0.826. The summed E-state index contributed by atoms with van der Waals surface area (Å²) in [5.41, 5.74) is 0.826. The zero-order valence-corrected chi connectivity index (χ0v) is 7.62. The molecule has 0 bridgehead atoms. The quantitative estimate of drug-likeness (QED) is 0.685. The maximum atomic E-state index is 8.69. The van der Waals surface area contributed by atoms with E-state index >= 15 is 0 Å². The van der Waals surface area contributed by atoms with Crippen LogP contribution in [0.25, 0.3) is 10.9 Å². The SMILES string of the molecule is N#Cn1ccc2c(Br)cncc21. The molecule has 0 radical (unpaired) electrons. The van der Waals surface area contributed by atoms with Crippen LogP contribution in [0, 0.1) is 11.5 Å². The Morgan fingerprint density at radius 2 is 2.33 bits per heavy atom. The van der Waals surface area contributed by atoms with E-state index in [9.17, 15) is 0 Å². The van der Waals surface area contributed by atoms with E-state index in [1.807, 2.05) is 12.3 Å². The summed E-state index contributed by atoms with van der Waals surface area (Å²) in [6.45, 7) is 0. The molecule has 3 nitrogen and oxygen atoms in total. The Balaban J connectivity index is 2.91. The standard InChI is InChI=1S/C8H4BrN3/c9-7-3-11-4-8-6(7)1-2-12(8)5-10/h1-4H. The second kappa shape index (κ2) is 2.61. The normalized spacial score (nSPS) is 10.0. The highest BCUT2D eigenvalue weighted by molar-refractivity contribution is 9.10. The van der Waals surface area contributed by atoms with Crippen molar-refractivity contribution in [1.82, 2.24) is 9.55 Å². The molecule has 0 aromatic carbocycles. The number of halogens is 1. The largest absolute Gasteiger partial charge is 0.261 e. The first-order chi connectivity index (χ1) is 5.83. The number of nitrogens with zero attached hydrogens (tertiary/aromatic N) is 3. The molecule has 0 aliphatic rings. The van der Waals surface area contributed by atoms with Crippen LogP contribution in [0.3, 0.4) is 0 Å². The minimum absolute atomic E-state index is 0.826. The molecule has 0 saturated carbocycles. The van der Waals surface area contributed by atoms with Crippen molar-refractivity contribution in [2.75, 3.05) is 0 Å². The van der Waals surface area contributed by atoms with Crippen molar-refractivity contribution in [3.05, 3.63) is 29.1 Å². The highest BCUT2D eigenvalue weighted by Gasteiger charge is 2.02. The lowest BCUT2D eigenvalue weighted by Crippen LogP contribution is -1.84. The lowest BCUT2D eigenvalue weighted by Gasteiger charge is -1.93. The molecule has 2 aromatic heterocycles. The molecule has 2 rings (SSSR count). The Hall–Kier alpha value is -1.34. The highest BCUT2D eigenvalue weighted by Crippen LogP contribution is 2.22. The molecule has 0 N–H and O–H groups in total. The van der Waals surface area contributed by atoms with Crippen molar-refractivity contribution in [3.63, 3.8) is 0 Å². The predicted molar refractivity (Wildman–Crippen MR) is 48.4 cm³/mol. The number of aromatic nitrogens is 2. The van der Waals surface area contributed by atoms with Crippen LogP contribution < -0.4 is 0 Å². The first-order valence-corrected chi connectivity index (χ1v) is 4.13. The average Bonchev–Trinajstić information content (AvgIpc) is 2.49. The van der Waals surface area contributed by atoms with Gasteiger partial charge in [-0.2, -0.15) is 5.26 Å². The fourth-order valence-electron chi connectivity index (χ4n) is 1.11. The molecule has 0 amide bonds. The van der Waals surface area contributed by atoms with Crippen molar-refractivity contribution in [3.8, 4) is 6.19 Å². The van der Waals surface area contributed by atoms with E-state index in [4.69, 9.17) is 5.26 Å². The number of pyridine rings is 1. The Bertz CT molecular complexity index is 467. The maximum absolute atomic E-state index is 8.69. The van der Waals surface area contributed by atoms with Crippen molar-refractivity contribution in [2.24, 2.45) is 0 Å². The lowest BCUT2D eigenvalue weighted by molar-refractivity contribution is 1.14. The van der Waals surface area contributed by atoms with Crippen LogP contribution in [0.2, 0.25) is 0 Å². The predicted octanol–water partition coefficient (Wildman–Crippen LogP) is 2.13. The van der Waals surface area contributed by atoms with E-state index in [0.717, 1.165) is 15.4 Å². The van der Waals surface area contributed by atoms with Gasteiger partial charge in [-0.25, -0.2) is 0 Å². The molecular formula is C8H4BrN3. The zero-order valence-electron chi connectivity index (χ0n) is 6.03. The highest BCUT2D eigenvalue weighted by atomic mass is 79.9. The minimum Gasteiger partial charge on any atom is -0.261 e. The first-order valence-electron chi connectivity index (χ1n) is 3.33. The van der Waals surface area contributed by atoms with E-state index in [-0.39, 0.29) is 0 Å². The Labute approximate surface area is 77.4 Å². The van der Waals surface area contributed by atoms with Gasteiger partial charge in [-0.05, 0) is 22.0 Å². The number of fused-ring (bicyclic) bond motifs is 1. The molecule has 0 aliphatic heterocycles. The molecule has 0 saturated heterocycles. The fourth-order valence-corrected chi connectivity index (χ4v) is 1.56. The van der Waals surface area contributed by atoms with Gasteiger partial charge in [0.1, 0.15) is 0 Å². The van der Waals surface area contributed by atoms with E-state index in [0.29, 0.717) is 0 Å². The molecule has 0 fully saturated rings. The van der Waals surface area contributed by atoms with Crippen molar-refractivity contribution in [1.29, 1.82) is 5.26 Å². The van der Waals surface area contributed by atoms with Crippen LogP contribution in [-0.4, -0.2) is 9.55 Å². The van der Waals surface area contributed by atoms with E-state index < -0.39 is 0 Å². The molecule has 2 heterocycles. The summed E-state index contributed by atoms with van der Waals surface area (Å²) in [5, 5.41) is 9.69. The van der Waals surface area contributed by atoms with Crippen LogP contribution in [0.15, 0.2) is 29.1 Å². The smallest absolute Gasteiger partial charge is 0.188 e. The van der Waals surface area contributed by atoms with Gasteiger partial charge in [0.2, 0.25) is 0 Å². The number of hydrogen-bond donors (Lipinski definition) is 0. The second-order valence-corrected chi connectivity index (χ2v) is 3.19. The van der Waals surface area contributed by atoms with Gasteiger partial charge >= 0.3 is 0 Å². The zero-order chi connectivity index (χ0) is 8.55. The molecule has 2 aromatic rings. The van der Waals surface area contributed by atoms with Crippen LogP contribution in [0.5, 0.6) is 0 Å². The van der Waals surface area contributed by atoms with Crippen molar-refractivity contribution >= 4 is 26.8 Å². The molecule has 4 heteroatoms. The summed E-state index contributed by atoms with van der Waals surface area (Å²) in [5.74, 6) is 0. The van der Waals surface area contributed by atoms with E-state index in [2.05, 4.69) is 20.9 Å². The third-order valence-corrected chi connectivity index (χ3v) is 2.31. The van der Waals surface area contributed by atoms with Crippen LogP contribution >= 0.6 is 15.9 Å². The van der Waals surface area contributed by atoms with Gasteiger partial charge in [-0.3, -0.25) is 9.55 Å². The molecule has 12 heavy (non-hydrogen) atoms. The van der Waals surface area contributed by atoms with Crippen LogP contribution in [0.4, 0.5) is 0 Å².